The number of esters is 2. The second kappa shape index (κ2) is 12.1. The van der Waals surface area contributed by atoms with Crippen LogP contribution in [0.25, 0.3) is 0 Å². The number of aromatic nitrogens is 3. The Labute approximate surface area is 244 Å². The summed E-state index contributed by atoms with van der Waals surface area (Å²) in [5.74, 6) is -2.12. The first-order valence-electron chi connectivity index (χ1n) is 11.6. The van der Waals surface area contributed by atoms with Gasteiger partial charge in [-0.2, -0.15) is 0 Å². The fraction of sp³-hybridized carbons (Fsp3) is 0.455. The number of carbonyl (C=O) groups excluding carboxylic acids is 4. The number of ether oxygens (including phenoxy) is 2. The van der Waals surface area contributed by atoms with E-state index in [9.17, 15) is 24.4 Å². The van der Waals surface area contributed by atoms with Gasteiger partial charge in [0.25, 0.3) is 11.8 Å². The van der Waals surface area contributed by atoms with E-state index in [2.05, 4.69) is 25.7 Å². The Bertz CT molecular complexity index is 1400. The van der Waals surface area contributed by atoms with Crippen molar-refractivity contribution in [1.82, 2.24) is 25.4 Å². The van der Waals surface area contributed by atoms with Crippen molar-refractivity contribution in [1.29, 1.82) is 0 Å². The van der Waals surface area contributed by atoms with E-state index in [0.717, 1.165) is 16.3 Å². The van der Waals surface area contributed by atoms with Crippen molar-refractivity contribution in [2.24, 2.45) is 10.6 Å². The Balaban J connectivity index is 1.50. The van der Waals surface area contributed by atoms with Crippen LogP contribution in [-0.2, 0) is 28.7 Å². The zero-order chi connectivity index (χ0) is 29.2. The number of thiazole rings is 1. The van der Waals surface area contributed by atoms with Crippen molar-refractivity contribution in [3.8, 4) is 0 Å². The first kappa shape index (κ1) is 29.8. The van der Waals surface area contributed by atoms with Gasteiger partial charge in [0, 0.05) is 16.9 Å². The summed E-state index contributed by atoms with van der Waals surface area (Å²) in [6.07, 6.45) is 0. The first-order chi connectivity index (χ1) is 18.9. The minimum absolute atomic E-state index is 0.0168. The van der Waals surface area contributed by atoms with Crippen LogP contribution in [0.1, 0.15) is 31.5 Å². The molecule has 1 fully saturated rings. The van der Waals surface area contributed by atoms with E-state index in [-0.39, 0.29) is 16.5 Å². The lowest BCUT2D eigenvalue weighted by Crippen LogP contribution is -2.71. The highest BCUT2D eigenvalue weighted by Gasteiger charge is 2.54. The maximum Gasteiger partial charge on any atom is 0.357 e. The van der Waals surface area contributed by atoms with Crippen molar-refractivity contribution < 1.29 is 33.9 Å². The molecule has 2 amide bonds. The van der Waals surface area contributed by atoms with Gasteiger partial charge >= 0.3 is 11.9 Å². The molecule has 0 spiro atoms. The molecule has 2 aromatic heterocycles. The highest BCUT2D eigenvalue weighted by Crippen LogP contribution is 2.42. The summed E-state index contributed by atoms with van der Waals surface area (Å²) in [5, 5.41) is 24.8. The summed E-state index contributed by atoms with van der Waals surface area (Å²) in [5.41, 5.74) is 5.09. The van der Waals surface area contributed by atoms with Gasteiger partial charge in [0.1, 0.15) is 27.8 Å². The number of thioether (sulfide) groups is 2. The van der Waals surface area contributed by atoms with Crippen LogP contribution in [-0.4, -0.2) is 84.5 Å². The number of nitrogens with zero attached hydrogens (tertiary/aromatic N) is 5. The number of carbonyl (C=O) groups is 4. The van der Waals surface area contributed by atoms with Crippen molar-refractivity contribution >= 4 is 80.8 Å². The normalized spacial score (nSPS) is 19.1. The van der Waals surface area contributed by atoms with E-state index in [0.29, 0.717) is 21.4 Å². The van der Waals surface area contributed by atoms with Gasteiger partial charge in [0.2, 0.25) is 6.79 Å². The molecule has 0 saturated carbocycles. The maximum atomic E-state index is 13.2. The molecular weight excluding hydrogens is 603 g/mol. The number of hydrogen-bond donors (Lipinski definition) is 3. The predicted molar refractivity (Wildman–Crippen MR) is 149 cm³/mol. The van der Waals surface area contributed by atoms with Crippen LogP contribution in [0.2, 0.25) is 0 Å². The fourth-order valence-corrected chi connectivity index (χ4v) is 7.36. The Morgan fingerprint density at radius 1 is 1.30 bits per heavy atom. The van der Waals surface area contributed by atoms with Gasteiger partial charge in [0.05, 0.1) is 5.41 Å². The Kier molecular flexibility index (Phi) is 9.01. The molecule has 14 nitrogen and oxygen atoms in total. The molecular formula is C22H25N7O7S4. The van der Waals surface area contributed by atoms with Crippen LogP contribution in [0.5, 0.6) is 0 Å². The number of anilines is 1. The molecule has 0 radical (unpaired) electrons. The largest absolute Gasteiger partial charge is 0.427 e. The van der Waals surface area contributed by atoms with Crippen LogP contribution in [0, 0.1) is 12.3 Å². The molecule has 214 valence electrons. The highest BCUT2D eigenvalue weighted by atomic mass is 32.2. The van der Waals surface area contributed by atoms with E-state index in [4.69, 9.17) is 15.2 Å². The fourth-order valence-electron chi connectivity index (χ4n) is 3.51. The summed E-state index contributed by atoms with van der Waals surface area (Å²) >= 11 is 5.16. The van der Waals surface area contributed by atoms with Gasteiger partial charge in [-0.3, -0.25) is 19.3 Å². The molecule has 1 saturated heterocycles. The summed E-state index contributed by atoms with van der Waals surface area (Å²) in [6.45, 7) is 6.19. The number of oxime groups is 1. The standard InChI is InChI=1S/C22H25N7O7S4/c1-9-26-27-21(40-9)39-6-10-5-37-17-13(25-15(30)12(28-34)11-7-38-20(23)24-11)16(31)29(17)14(10)18(32)35-8-36-19(33)22(2,3)4/h7,13,17,34H,5-6,8H2,1-4H3,(H2,23,24)(H,25,30)/t13?,17-/m0/s1. The molecule has 4 rings (SSSR count). The SMILES string of the molecule is Cc1nnc(SCC2=C(C(=O)OCOC(=O)C(C)(C)C)N3C(=O)C(NC(=O)C(=NO)c4csc(N)n4)[C@@H]3SC2)s1. The number of nitrogens with two attached hydrogens (primary N) is 1. The van der Waals surface area contributed by atoms with Crippen LogP contribution in [0.3, 0.4) is 0 Å². The highest BCUT2D eigenvalue weighted by molar-refractivity contribution is 8.01. The van der Waals surface area contributed by atoms with Crippen LogP contribution in [0.15, 0.2) is 26.1 Å². The molecule has 4 N–H and O–H groups in total. The van der Waals surface area contributed by atoms with Gasteiger partial charge in [0.15, 0.2) is 15.2 Å². The number of hydrogen-bond acceptors (Lipinski definition) is 16. The minimum Gasteiger partial charge on any atom is -0.427 e. The lowest BCUT2D eigenvalue weighted by Gasteiger charge is -2.49. The van der Waals surface area contributed by atoms with E-state index < -0.39 is 53.1 Å². The zero-order valence-corrected chi connectivity index (χ0v) is 25.0. The summed E-state index contributed by atoms with van der Waals surface area (Å²) in [7, 11) is 0. The molecule has 1 unspecified atom stereocenters. The lowest BCUT2D eigenvalue weighted by atomic mass is 9.98. The van der Waals surface area contributed by atoms with Crippen molar-refractivity contribution in [2.75, 3.05) is 24.0 Å². The smallest absolute Gasteiger partial charge is 0.357 e. The van der Waals surface area contributed by atoms with Crippen molar-refractivity contribution in [2.45, 2.75) is 43.5 Å². The Morgan fingerprint density at radius 3 is 2.65 bits per heavy atom. The van der Waals surface area contributed by atoms with Crippen LogP contribution < -0.4 is 11.1 Å². The third-order valence-corrected chi connectivity index (χ3v) is 9.55. The number of rotatable bonds is 9. The van der Waals surface area contributed by atoms with Gasteiger partial charge < -0.3 is 25.7 Å². The summed E-state index contributed by atoms with van der Waals surface area (Å²) in [6, 6.07) is -1.01. The van der Waals surface area contributed by atoms with E-state index in [1.54, 1.807) is 20.8 Å². The number of fused-ring (bicyclic) bond motifs is 1. The molecule has 2 aromatic rings. The average molecular weight is 628 g/mol. The Morgan fingerprint density at radius 2 is 2.05 bits per heavy atom. The Hall–Kier alpha value is -3.22. The average Bonchev–Trinajstić information content (AvgIpc) is 3.52. The van der Waals surface area contributed by atoms with Crippen LogP contribution in [0.4, 0.5) is 5.13 Å². The molecule has 18 heteroatoms. The number of nitrogens with one attached hydrogen (secondary N) is 1. The van der Waals surface area contributed by atoms with E-state index in [1.165, 1.54) is 45.1 Å². The van der Waals surface area contributed by atoms with Gasteiger partial charge in [-0.1, -0.05) is 28.3 Å². The van der Waals surface area contributed by atoms with Gasteiger partial charge in [-0.25, -0.2) is 9.78 Å². The number of nitrogen functional groups attached to an aromatic ring is 1. The minimum atomic E-state index is -1.01. The molecule has 2 aliphatic rings. The summed E-state index contributed by atoms with van der Waals surface area (Å²) in [4.78, 5) is 56.5. The molecule has 0 aromatic carbocycles. The lowest BCUT2D eigenvalue weighted by molar-refractivity contribution is -0.173. The van der Waals surface area contributed by atoms with E-state index in [1.807, 2.05) is 6.92 Å². The third kappa shape index (κ3) is 6.39. The third-order valence-electron chi connectivity index (χ3n) is 5.48. The zero-order valence-electron chi connectivity index (χ0n) is 21.7. The topological polar surface area (TPSA) is 199 Å². The molecule has 0 aliphatic carbocycles. The van der Waals surface area contributed by atoms with Crippen molar-refractivity contribution in [3.63, 3.8) is 0 Å². The molecule has 2 aliphatic heterocycles. The maximum absolute atomic E-state index is 13.2. The number of β-lactam (4-membered cyclic amide) rings is 1. The predicted octanol–water partition coefficient (Wildman–Crippen LogP) is 1.60. The van der Waals surface area contributed by atoms with Crippen LogP contribution >= 0.6 is 46.2 Å². The summed E-state index contributed by atoms with van der Waals surface area (Å²) < 4.78 is 11.0. The number of aryl methyl sites for hydroxylation is 1. The molecule has 4 heterocycles. The van der Waals surface area contributed by atoms with Gasteiger partial charge in [-0.15, -0.1) is 33.3 Å². The van der Waals surface area contributed by atoms with Gasteiger partial charge in [-0.05, 0) is 33.3 Å². The second-order valence-corrected chi connectivity index (χ2v) is 13.8. The molecule has 0 bridgehead atoms. The first-order valence-corrected chi connectivity index (χ1v) is 15.3. The van der Waals surface area contributed by atoms with E-state index >= 15 is 0 Å². The molecule has 2 atom stereocenters. The van der Waals surface area contributed by atoms with Crippen molar-refractivity contribution in [3.05, 3.63) is 27.4 Å². The molecule has 40 heavy (non-hydrogen) atoms. The second-order valence-electron chi connectivity index (χ2n) is 9.44. The number of amides is 2. The quantitative estimate of drug-likeness (QED) is 0.0689. The monoisotopic (exact) mass is 627 g/mol.